The summed E-state index contributed by atoms with van der Waals surface area (Å²) in [5, 5.41) is 1.23. The molecule has 6 nitrogen and oxygen atoms in total. The lowest BCUT2D eigenvalue weighted by atomic mass is 10.0. The van der Waals surface area contributed by atoms with Crippen LogP contribution in [0.25, 0.3) is 22.0 Å². The summed E-state index contributed by atoms with van der Waals surface area (Å²) >= 11 is 6.36. The van der Waals surface area contributed by atoms with Crippen LogP contribution in [0.2, 0.25) is 5.15 Å². The Kier molecular flexibility index (Phi) is 4.02. The molecule has 0 spiro atoms. The third-order valence-corrected chi connectivity index (χ3v) is 3.91. The minimum Gasteiger partial charge on any atom is -0.368 e. The van der Waals surface area contributed by atoms with E-state index in [9.17, 15) is 0 Å². The second-order valence-corrected chi connectivity index (χ2v) is 5.89. The topological polar surface area (TPSA) is 103 Å². The van der Waals surface area contributed by atoms with E-state index in [-0.39, 0.29) is 5.95 Å². The summed E-state index contributed by atoms with van der Waals surface area (Å²) in [4.78, 5) is 12.8. The van der Waals surface area contributed by atoms with Crippen LogP contribution in [-0.4, -0.2) is 15.0 Å². The van der Waals surface area contributed by atoms with Crippen molar-refractivity contribution in [2.24, 2.45) is 5.84 Å². The Balaban J connectivity index is 2.15. The first-order valence-electron chi connectivity index (χ1n) is 7.20. The highest BCUT2D eigenvalue weighted by atomic mass is 35.5. The second kappa shape index (κ2) is 5.98. The summed E-state index contributed by atoms with van der Waals surface area (Å²) in [7, 11) is 0. The van der Waals surface area contributed by atoms with E-state index in [1.165, 1.54) is 0 Å². The lowest BCUT2D eigenvalue weighted by Gasteiger charge is -2.11. The molecule has 0 aliphatic heterocycles. The zero-order chi connectivity index (χ0) is 16.6. The van der Waals surface area contributed by atoms with E-state index in [0.717, 1.165) is 22.2 Å². The molecule has 0 radical (unpaired) electrons. The Morgan fingerprint density at radius 3 is 2.52 bits per heavy atom. The number of nitrogens with two attached hydrogens (primary N) is 2. The van der Waals surface area contributed by atoms with Crippen molar-refractivity contribution in [2.75, 3.05) is 11.2 Å². The molecule has 2 heterocycles. The predicted octanol–water partition coefficient (Wildman–Crippen LogP) is 3.34. The monoisotopic (exact) mass is 328 g/mol. The van der Waals surface area contributed by atoms with Crippen molar-refractivity contribution in [2.45, 2.75) is 19.8 Å². The number of nitrogens with zero attached hydrogens (tertiary/aromatic N) is 3. The summed E-state index contributed by atoms with van der Waals surface area (Å²) in [6.45, 7) is 4.16. The Labute approximate surface area is 138 Å². The fourth-order valence-electron chi connectivity index (χ4n) is 2.41. The Morgan fingerprint density at radius 1 is 1.09 bits per heavy atom. The minimum atomic E-state index is 0.166. The number of hydrazine groups is 1. The Morgan fingerprint density at radius 2 is 1.87 bits per heavy atom. The highest BCUT2D eigenvalue weighted by Gasteiger charge is 2.11. The number of halogens is 1. The van der Waals surface area contributed by atoms with Gasteiger partial charge in [-0.3, -0.25) is 0 Å². The number of hydrogen-bond acceptors (Lipinski definition) is 6. The predicted molar refractivity (Wildman–Crippen MR) is 94.1 cm³/mol. The first-order chi connectivity index (χ1) is 11.0. The van der Waals surface area contributed by atoms with Crippen LogP contribution in [0.1, 0.15) is 25.5 Å². The summed E-state index contributed by atoms with van der Waals surface area (Å²) in [6, 6.07) is 9.66. The van der Waals surface area contributed by atoms with Gasteiger partial charge in [0.1, 0.15) is 5.15 Å². The molecule has 0 fully saturated rings. The minimum absolute atomic E-state index is 0.166. The van der Waals surface area contributed by atoms with E-state index in [1.54, 1.807) is 0 Å². The van der Waals surface area contributed by atoms with Crippen molar-refractivity contribution in [1.29, 1.82) is 0 Å². The third-order valence-electron chi connectivity index (χ3n) is 3.62. The maximum Gasteiger partial charge on any atom is 0.222 e. The van der Waals surface area contributed by atoms with Crippen molar-refractivity contribution >= 4 is 34.3 Å². The zero-order valence-corrected chi connectivity index (χ0v) is 13.6. The van der Waals surface area contributed by atoms with Crippen molar-refractivity contribution in [3.05, 3.63) is 41.2 Å². The van der Waals surface area contributed by atoms with Crippen LogP contribution < -0.4 is 17.0 Å². The van der Waals surface area contributed by atoms with E-state index < -0.39 is 0 Å². The van der Waals surface area contributed by atoms with Gasteiger partial charge in [0, 0.05) is 16.6 Å². The largest absolute Gasteiger partial charge is 0.368 e. The average Bonchev–Trinajstić information content (AvgIpc) is 2.53. The number of nitrogens with one attached hydrogen (secondary N) is 1. The van der Waals surface area contributed by atoms with Gasteiger partial charge in [-0.25, -0.2) is 15.8 Å². The van der Waals surface area contributed by atoms with Gasteiger partial charge in [0.25, 0.3) is 0 Å². The smallest absolute Gasteiger partial charge is 0.222 e. The molecule has 5 N–H and O–H groups in total. The molecule has 0 saturated carbocycles. The van der Waals surface area contributed by atoms with E-state index in [1.807, 2.05) is 30.3 Å². The van der Waals surface area contributed by atoms with Crippen molar-refractivity contribution < 1.29 is 0 Å². The number of anilines is 2. The number of nitrogen functional groups attached to an aromatic ring is 2. The van der Waals surface area contributed by atoms with Crippen molar-refractivity contribution in [3.8, 4) is 11.1 Å². The van der Waals surface area contributed by atoms with Gasteiger partial charge in [-0.2, -0.15) is 4.98 Å². The molecule has 0 aliphatic rings. The molecule has 118 valence electrons. The number of aromatic nitrogens is 3. The molecule has 0 bridgehead atoms. The number of rotatable bonds is 3. The first-order valence-corrected chi connectivity index (χ1v) is 7.58. The van der Waals surface area contributed by atoms with E-state index >= 15 is 0 Å². The van der Waals surface area contributed by atoms with E-state index in [4.69, 9.17) is 23.2 Å². The number of pyridine rings is 1. The van der Waals surface area contributed by atoms with Gasteiger partial charge in [0.15, 0.2) is 5.82 Å². The summed E-state index contributed by atoms with van der Waals surface area (Å²) in [5.74, 6) is 6.48. The van der Waals surface area contributed by atoms with Crippen molar-refractivity contribution in [3.63, 3.8) is 0 Å². The maximum atomic E-state index is 6.36. The lowest BCUT2D eigenvalue weighted by molar-refractivity contribution is 0.823. The molecule has 23 heavy (non-hydrogen) atoms. The molecule has 7 heteroatoms. The fraction of sp³-hybridized carbons (Fsp3) is 0.188. The SMILES string of the molecule is CC(C)c1ccc(-c2ccc3nc(N)nc(NN)c3c2)c(Cl)n1. The Bertz CT molecular complexity index is 878. The lowest BCUT2D eigenvalue weighted by Crippen LogP contribution is -2.11. The third kappa shape index (κ3) is 2.91. The molecule has 3 aromatic rings. The van der Waals surface area contributed by atoms with Crippen LogP contribution in [0, 0.1) is 0 Å². The number of benzene rings is 1. The standard InChI is InChI=1S/C16H17ClN6/c1-8(2)12-6-4-10(14(17)20-12)9-3-5-13-11(7-9)15(23-19)22-16(18)21-13/h3-8H,19H2,1-2H3,(H3,18,21,22,23). The first kappa shape index (κ1) is 15.5. The van der Waals surface area contributed by atoms with Gasteiger partial charge >= 0.3 is 0 Å². The van der Waals surface area contributed by atoms with Crippen LogP contribution in [0.3, 0.4) is 0 Å². The van der Waals surface area contributed by atoms with Gasteiger partial charge in [-0.15, -0.1) is 0 Å². The van der Waals surface area contributed by atoms with E-state index in [2.05, 4.69) is 34.2 Å². The Hall–Kier alpha value is -2.44. The van der Waals surface area contributed by atoms with Crippen LogP contribution in [0.4, 0.5) is 11.8 Å². The highest BCUT2D eigenvalue weighted by molar-refractivity contribution is 6.32. The zero-order valence-electron chi connectivity index (χ0n) is 12.8. The molecule has 0 unspecified atom stereocenters. The normalized spacial score (nSPS) is 11.2. The second-order valence-electron chi connectivity index (χ2n) is 5.54. The number of fused-ring (bicyclic) bond motifs is 1. The summed E-state index contributed by atoms with van der Waals surface area (Å²) in [6.07, 6.45) is 0. The molecular weight excluding hydrogens is 312 g/mol. The van der Waals surface area contributed by atoms with Crippen LogP contribution in [0.5, 0.6) is 0 Å². The van der Waals surface area contributed by atoms with Crippen LogP contribution >= 0.6 is 11.6 Å². The fourth-order valence-corrected chi connectivity index (χ4v) is 2.68. The summed E-state index contributed by atoms with van der Waals surface area (Å²) < 4.78 is 0. The van der Waals surface area contributed by atoms with Gasteiger partial charge in [0.05, 0.1) is 5.52 Å². The molecule has 0 amide bonds. The molecule has 2 aromatic heterocycles. The molecule has 1 aromatic carbocycles. The van der Waals surface area contributed by atoms with Gasteiger partial charge < -0.3 is 11.2 Å². The van der Waals surface area contributed by atoms with Gasteiger partial charge in [-0.1, -0.05) is 31.5 Å². The van der Waals surface area contributed by atoms with Gasteiger partial charge in [0.2, 0.25) is 5.95 Å². The molecule has 0 atom stereocenters. The molecule has 0 saturated heterocycles. The van der Waals surface area contributed by atoms with Gasteiger partial charge in [-0.05, 0) is 35.7 Å². The highest BCUT2D eigenvalue weighted by Crippen LogP contribution is 2.32. The molecule has 3 rings (SSSR count). The quantitative estimate of drug-likeness (QED) is 0.387. The molecular formula is C16H17ClN6. The number of hydrogen-bond donors (Lipinski definition) is 3. The van der Waals surface area contributed by atoms with Crippen molar-refractivity contribution in [1.82, 2.24) is 15.0 Å². The van der Waals surface area contributed by atoms with E-state index in [0.29, 0.717) is 22.4 Å². The summed E-state index contributed by atoms with van der Waals surface area (Å²) in [5.41, 5.74) is 11.6. The van der Waals surface area contributed by atoms with Crippen LogP contribution in [0.15, 0.2) is 30.3 Å². The molecule has 0 aliphatic carbocycles. The average molecular weight is 329 g/mol. The van der Waals surface area contributed by atoms with Crippen LogP contribution in [-0.2, 0) is 0 Å². The maximum absolute atomic E-state index is 6.36.